The molecular weight excluding hydrogens is 344 g/mol. The molecule has 0 radical (unpaired) electrons. The predicted molar refractivity (Wildman–Crippen MR) is 102 cm³/mol. The molecule has 138 valence electrons. The van der Waals surface area contributed by atoms with Gasteiger partial charge in [0.15, 0.2) is 0 Å². The van der Waals surface area contributed by atoms with Gasteiger partial charge in [0.25, 0.3) is 5.91 Å². The number of H-pyrrole nitrogens is 1. The number of rotatable bonds is 5. The quantitative estimate of drug-likeness (QED) is 0.480. The Morgan fingerprint density at radius 2 is 1.89 bits per heavy atom. The van der Waals surface area contributed by atoms with E-state index in [4.69, 9.17) is 5.21 Å². The summed E-state index contributed by atoms with van der Waals surface area (Å²) in [7, 11) is 0. The van der Waals surface area contributed by atoms with Crippen molar-refractivity contribution >= 4 is 28.5 Å². The summed E-state index contributed by atoms with van der Waals surface area (Å²) in [6.07, 6.45) is 2.80. The minimum atomic E-state index is -0.574. The van der Waals surface area contributed by atoms with E-state index in [0.717, 1.165) is 17.6 Å². The van der Waals surface area contributed by atoms with Gasteiger partial charge in [0.05, 0.1) is 0 Å². The minimum absolute atomic E-state index is 0.0331. The molecule has 3 amide bonds. The third-order valence-electron chi connectivity index (χ3n) is 4.96. The van der Waals surface area contributed by atoms with Crippen LogP contribution in [0.2, 0.25) is 0 Å². The summed E-state index contributed by atoms with van der Waals surface area (Å²) in [4.78, 5) is 30.9. The summed E-state index contributed by atoms with van der Waals surface area (Å²) in [6.45, 7) is 1.93. The van der Waals surface area contributed by atoms with Crippen LogP contribution in [0.4, 0.5) is 10.5 Å². The van der Waals surface area contributed by atoms with Crippen LogP contribution in [-0.2, 0) is 6.42 Å². The smallest absolute Gasteiger partial charge is 0.324 e. The average molecular weight is 364 g/mol. The van der Waals surface area contributed by atoms with Crippen LogP contribution in [0.15, 0.2) is 54.7 Å². The maximum atomic E-state index is 12.7. The number of aromatic amines is 1. The topological polar surface area (TPSA) is 88.7 Å². The molecule has 4 rings (SSSR count). The average Bonchev–Trinajstić information content (AvgIpc) is 3.29. The molecule has 0 bridgehead atoms. The number of nitrogens with zero attached hydrogens (tertiary/aromatic N) is 2. The van der Waals surface area contributed by atoms with Crippen molar-refractivity contribution in [2.24, 2.45) is 0 Å². The van der Waals surface area contributed by atoms with Crippen LogP contribution in [-0.4, -0.2) is 46.7 Å². The Morgan fingerprint density at radius 3 is 2.67 bits per heavy atom. The van der Waals surface area contributed by atoms with E-state index in [9.17, 15) is 9.59 Å². The van der Waals surface area contributed by atoms with E-state index in [1.54, 1.807) is 34.6 Å². The normalized spacial score (nSPS) is 14.2. The van der Waals surface area contributed by atoms with E-state index in [1.165, 1.54) is 10.9 Å². The molecule has 1 aliphatic heterocycles. The van der Waals surface area contributed by atoms with Crippen molar-refractivity contribution in [1.29, 1.82) is 0 Å². The van der Waals surface area contributed by atoms with Crippen LogP contribution in [0, 0.1) is 0 Å². The van der Waals surface area contributed by atoms with Gasteiger partial charge in [-0.25, -0.2) is 10.3 Å². The van der Waals surface area contributed by atoms with Crippen molar-refractivity contribution < 1.29 is 14.8 Å². The third kappa shape index (κ3) is 3.24. The van der Waals surface area contributed by atoms with Crippen molar-refractivity contribution in [3.8, 4) is 0 Å². The monoisotopic (exact) mass is 364 g/mol. The molecule has 0 saturated carbocycles. The molecule has 0 spiro atoms. The van der Waals surface area contributed by atoms with E-state index in [-0.39, 0.29) is 6.03 Å². The van der Waals surface area contributed by atoms with Gasteiger partial charge < -0.3 is 9.88 Å². The zero-order valence-corrected chi connectivity index (χ0v) is 14.7. The fourth-order valence-corrected chi connectivity index (χ4v) is 3.48. The zero-order chi connectivity index (χ0) is 18.8. The molecule has 7 nitrogen and oxygen atoms in total. The number of amides is 3. The summed E-state index contributed by atoms with van der Waals surface area (Å²) in [5.74, 6) is -0.574. The predicted octanol–water partition coefficient (Wildman–Crippen LogP) is 2.77. The molecule has 0 unspecified atom stereocenters. The number of anilines is 1. The number of hydroxylamine groups is 1. The lowest BCUT2D eigenvalue weighted by atomic mass is 10.1. The highest BCUT2D eigenvalue weighted by Gasteiger charge is 2.29. The number of fused-ring (bicyclic) bond motifs is 1. The Balaban J connectivity index is 1.42. The SMILES string of the molecule is O=C(NO)c1ccc(N2CCN(CCc3c[nH]c4ccccc34)C2=O)cc1. The molecule has 7 heteroatoms. The Hall–Kier alpha value is -3.32. The molecule has 1 saturated heterocycles. The van der Waals surface area contributed by atoms with Crippen LogP contribution in [0.5, 0.6) is 0 Å². The van der Waals surface area contributed by atoms with Crippen LogP contribution >= 0.6 is 0 Å². The lowest BCUT2D eigenvalue weighted by Crippen LogP contribution is -2.33. The van der Waals surface area contributed by atoms with Crippen LogP contribution in [0.25, 0.3) is 10.9 Å². The van der Waals surface area contributed by atoms with Gasteiger partial charge in [-0.3, -0.25) is 14.9 Å². The van der Waals surface area contributed by atoms with E-state index < -0.39 is 5.91 Å². The van der Waals surface area contributed by atoms with Crippen molar-refractivity contribution in [3.05, 3.63) is 65.9 Å². The number of carbonyl (C=O) groups excluding carboxylic acids is 2. The van der Waals surface area contributed by atoms with Crippen molar-refractivity contribution in [2.45, 2.75) is 6.42 Å². The summed E-state index contributed by atoms with van der Waals surface area (Å²) in [5, 5.41) is 9.87. The standard InChI is InChI=1S/C20H20N4O3/c25-19(22-27)14-5-7-16(8-6-14)24-12-11-23(20(24)26)10-9-15-13-21-18-4-2-1-3-17(15)18/h1-8,13,21,27H,9-12H2,(H,22,25). The molecule has 1 fully saturated rings. The number of para-hydroxylation sites is 1. The van der Waals surface area contributed by atoms with E-state index in [2.05, 4.69) is 11.1 Å². The molecule has 2 heterocycles. The lowest BCUT2D eigenvalue weighted by Gasteiger charge is -2.19. The second-order valence-electron chi connectivity index (χ2n) is 6.52. The lowest BCUT2D eigenvalue weighted by molar-refractivity contribution is 0.0706. The summed E-state index contributed by atoms with van der Waals surface area (Å²) >= 11 is 0. The fraction of sp³-hybridized carbons (Fsp3) is 0.200. The van der Waals surface area contributed by atoms with Gasteiger partial charge in [-0.2, -0.15) is 0 Å². The fourth-order valence-electron chi connectivity index (χ4n) is 3.48. The highest BCUT2D eigenvalue weighted by Crippen LogP contribution is 2.23. The van der Waals surface area contributed by atoms with Gasteiger partial charge in [-0.15, -0.1) is 0 Å². The maximum absolute atomic E-state index is 12.7. The van der Waals surface area contributed by atoms with E-state index in [1.807, 2.05) is 29.3 Å². The summed E-state index contributed by atoms with van der Waals surface area (Å²) in [5.41, 5.74) is 4.99. The number of carbonyl (C=O) groups is 2. The molecule has 1 aromatic heterocycles. The van der Waals surface area contributed by atoms with Gasteiger partial charge in [0.1, 0.15) is 0 Å². The first-order valence-corrected chi connectivity index (χ1v) is 8.83. The summed E-state index contributed by atoms with van der Waals surface area (Å²) < 4.78 is 0. The Morgan fingerprint density at radius 1 is 1.11 bits per heavy atom. The number of nitrogens with one attached hydrogen (secondary N) is 2. The largest absolute Gasteiger partial charge is 0.361 e. The maximum Gasteiger partial charge on any atom is 0.324 e. The first-order valence-electron chi connectivity index (χ1n) is 8.83. The third-order valence-corrected chi connectivity index (χ3v) is 4.96. The Bertz CT molecular complexity index is 980. The number of urea groups is 1. The first-order chi connectivity index (χ1) is 13.2. The van der Waals surface area contributed by atoms with Gasteiger partial charge in [0, 0.05) is 48.0 Å². The molecule has 3 N–H and O–H groups in total. The van der Waals surface area contributed by atoms with Gasteiger partial charge >= 0.3 is 6.03 Å². The van der Waals surface area contributed by atoms with Crippen molar-refractivity contribution in [2.75, 3.05) is 24.5 Å². The van der Waals surface area contributed by atoms with Gasteiger partial charge in [0.2, 0.25) is 0 Å². The van der Waals surface area contributed by atoms with E-state index >= 15 is 0 Å². The van der Waals surface area contributed by atoms with E-state index in [0.29, 0.717) is 25.2 Å². The molecule has 1 aliphatic rings. The summed E-state index contributed by atoms with van der Waals surface area (Å²) in [6, 6.07) is 14.7. The highest BCUT2D eigenvalue weighted by molar-refractivity contribution is 5.96. The molecular formula is C20H20N4O3. The van der Waals surface area contributed by atoms with Crippen LogP contribution in [0.3, 0.4) is 0 Å². The number of hydrogen-bond donors (Lipinski definition) is 3. The molecule has 0 atom stereocenters. The van der Waals surface area contributed by atoms with Gasteiger partial charge in [-0.05, 0) is 42.3 Å². The molecule has 3 aromatic rings. The van der Waals surface area contributed by atoms with Crippen LogP contribution < -0.4 is 10.4 Å². The van der Waals surface area contributed by atoms with Crippen molar-refractivity contribution in [3.63, 3.8) is 0 Å². The molecule has 0 aliphatic carbocycles. The minimum Gasteiger partial charge on any atom is -0.361 e. The number of benzene rings is 2. The molecule has 27 heavy (non-hydrogen) atoms. The molecule has 2 aromatic carbocycles. The number of hydrogen-bond acceptors (Lipinski definition) is 3. The van der Waals surface area contributed by atoms with Gasteiger partial charge in [-0.1, -0.05) is 18.2 Å². The number of aromatic nitrogens is 1. The van der Waals surface area contributed by atoms with Crippen molar-refractivity contribution in [1.82, 2.24) is 15.4 Å². The second kappa shape index (κ2) is 7.13. The van der Waals surface area contributed by atoms with Crippen LogP contribution in [0.1, 0.15) is 15.9 Å². The highest BCUT2D eigenvalue weighted by atomic mass is 16.5. The Labute approximate surface area is 156 Å². The first kappa shape index (κ1) is 17.1. The zero-order valence-electron chi connectivity index (χ0n) is 14.7. The Kier molecular flexibility index (Phi) is 4.52. The second-order valence-corrected chi connectivity index (χ2v) is 6.52.